The van der Waals surface area contributed by atoms with Gasteiger partial charge in [0.25, 0.3) is 0 Å². The topological polar surface area (TPSA) is 0 Å². The van der Waals surface area contributed by atoms with Crippen LogP contribution in [0.4, 0.5) is 0 Å². The first-order valence-electron chi connectivity index (χ1n) is 7.40. The lowest BCUT2D eigenvalue weighted by atomic mass is 9.86. The third-order valence-corrected chi connectivity index (χ3v) is 4.10. The van der Waals surface area contributed by atoms with Gasteiger partial charge >= 0.3 is 0 Å². The van der Waals surface area contributed by atoms with Gasteiger partial charge in [-0.15, -0.1) is 0 Å². The predicted octanol–water partition coefficient (Wildman–Crippen LogP) is 5.95. The summed E-state index contributed by atoms with van der Waals surface area (Å²) in [7, 11) is 0. The van der Waals surface area contributed by atoms with Gasteiger partial charge in [-0.25, -0.2) is 0 Å². The Morgan fingerprint density at radius 1 is 0.476 bits per heavy atom. The molecule has 0 spiro atoms. The Morgan fingerprint density at radius 2 is 1.05 bits per heavy atom. The molecule has 0 nitrogen and oxygen atoms in total. The molecule has 0 unspecified atom stereocenters. The minimum atomic E-state index is 1.29. The van der Waals surface area contributed by atoms with Gasteiger partial charge in [0, 0.05) is 0 Å². The van der Waals surface area contributed by atoms with E-state index in [1.165, 1.54) is 38.9 Å². The van der Waals surface area contributed by atoms with Crippen molar-refractivity contribution < 1.29 is 0 Å². The number of hydrogen-bond donors (Lipinski definition) is 0. The monoisotopic (exact) mass is 272 g/mol. The molecule has 104 valence electrons. The van der Waals surface area contributed by atoms with Gasteiger partial charge in [-0.05, 0) is 59.7 Å². The largest absolute Gasteiger partial charge is 0.0622 e. The van der Waals surface area contributed by atoms with Gasteiger partial charge in [0.2, 0.25) is 0 Å². The molecule has 0 heteroatoms. The fourth-order valence-electron chi connectivity index (χ4n) is 2.99. The van der Waals surface area contributed by atoms with Crippen LogP contribution in [0.2, 0.25) is 0 Å². The highest BCUT2D eigenvalue weighted by atomic mass is 14.2. The van der Waals surface area contributed by atoms with Crippen LogP contribution in [0.15, 0.2) is 66.7 Å². The Labute approximate surface area is 127 Å². The minimum Gasteiger partial charge on any atom is -0.0622 e. The van der Waals surface area contributed by atoms with E-state index in [0.29, 0.717) is 0 Å². The second-order valence-corrected chi connectivity index (χ2v) is 5.63. The third-order valence-electron chi connectivity index (χ3n) is 4.10. The molecule has 0 aliphatic heterocycles. The molecule has 0 heterocycles. The first-order chi connectivity index (χ1) is 10.2. The summed E-state index contributed by atoms with van der Waals surface area (Å²) >= 11 is 0. The van der Waals surface area contributed by atoms with Crippen LogP contribution in [0.25, 0.3) is 22.3 Å². The van der Waals surface area contributed by atoms with E-state index in [4.69, 9.17) is 0 Å². The van der Waals surface area contributed by atoms with Crippen molar-refractivity contribution in [2.45, 2.75) is 20.8 Å². The maximum atomic E-state index is 2.23. The lowest BCUT2D eigenvalue weighted by Gasteiger charge is -2.18. The number of benzene rings is 3. The van der Waals surface area contributed by atoms with Crippen LogP contribution < -0.4 is 0 Å². The highest BCUT2D eigenvalue weighted by Crippen LogP contribution is 2.38. The Bertz CT molecular complexity index is 767. The van der Waals surface area contributed by atoms with Crippen molar-refractivity contribution in [1.29, 1.82) is 0 Å². The van der Waals surface area contributed by atoms with E-state index in [-0.39, 0.29) is 0 Å². The zero-order valence-electron chi connectivity index (χ0n) is 12.9. The van der Waals surface area contributed by atoms with Gasteiger partial charge in [-0.3, -0.25) is 0 Å². The van der Waals surface area contributed by atoms with Crippen molar-refractivity contribution in [3.8, 4) is 22.3 Å². The zero-order chi connectivity index (χ0) is 14.8. The van der Waals surface area contributed by atoms with E-state index >= 15 is 0 Å². The second kappa shape index (κ2) is 5.57. The van der Waals surface area contributed by atoms with Crippen molar-refractivity contribution in [1.82, 2.24) is 0 Å². The average Bonchev–Trinajstić information content (AvgIpc) is 2.51. The van der Waals surface area contributed by atoms with Crippen LogP contribution in [-0.2, 0) is 0 Å². The highest BCUT2D eigenvalue weighted by molar-refractivity contribution is 5.88. The van der Waals surface area contributed by atoms with Gasteiger partial charge in [0.05, 0.1) is 0 Å². The van der Waals surface area contributed by atoms with E-state index in [0.717, 1.165) is 0 Å². The molecule has 0 amide bonds. The van der Waals surface area contributed by atoms with Crippen LogP contribution in [0.1, 0.15) is 16.7 Å². The molecule has 0 N–H and O–H groups in total. The number of hydrogen-bond acceptors (Lipinski definition) is 0. The zero-order valence-corrected chi connectivity index (χ0v) is 12.9. The number of aryl methyl sites for hydroxylation is 3. The Morgan fingerprint density at radius 3 is 1.71 bits per heavy atom. The van der Waals surface area contributed by atoms with E-state index in [1.54, 1.807) is 0 Å². The van der Waals surface area contributed by atoms with Crippen LogP contribution >= 0.6 is 0 Å². The normalized spacial score (nSPS) is 10.6. The van der Waals surface area contributed by atoms with Crippen LogP contribution in [0.3, 0.4) is 0 Å². The van der Waals surface area contributed by atoms with Gasteiger partial charge in [-0.2, -0.15) is 0 Å². The summed E-state index contributed by atoms with van der Waals surface area (Å²) in [5, 5.41) is 0. The van der Waals surface area contributed by atoms with Gasteiger partial charge in [0.15, 0.2) is 0 Å². The predicted molar refractivity (Wildman–Crippen MR) is 91.5 cm³/mol. The molecule has 0 aliphatic carbocycles. The SMILES string of the molecule is Cc1ccccc1-c1c(C)ccc(C)c1-c1ccccc1. The summed E-state index contributed by atoms with van der Waals surface area (Å²) < 4.78 is 0. The summed E-state index contributed by atoms with van der Waals surface area (Å²) in [5.41, 5.74) is 9.31. The first-order valence-corrected chi connectivity index (χ1v) is 7.40. The summed E-state index contributed by atoms with van der Waals surface area (Å²) in [5.74, 6) is 0. The lowest BCUT2D eigenvalue weighted by Crippen LogP contribution is -1.94. The standard InChI is InChI=1S/C21H20/c1-15-9-7-8-12-19(15)21-17(3)14-13-16(2)20(21)18-10-5-4-6-11-18/h4-14H,1-3H3. The van der Waals surface area contributed by atoms with Gasteiger partial charge < -0.3 is 0 Å². The molecule has 0 radical (unpaired) electrons. The summed E-state index contributed by atoms with van der Waals surface area (Å²) in [6.45, 7) is 6.59. The van der Waals surface area contributed by atoms with Gasteiger partial charge in [-0.1, -0.05) is 66.7 Å². The Balaban J connectivity index is 2.35. The Hall–Kier alpha value is -2.34. The van der Waals surface area contributed by atoms with E-state index in [2.05, 4.69) is 87.5 Å². The lowest BCUT2D eigenvalue weighted by molar-refractivity contribution is 1.36. The molecule has 0 saturated carbocycles. The van der Waals surface area contributed by atoms with Crippen molar-refractivity contribution in [2.75, 3.05) is 0 Å². The van der Waals surface area contributed by atoms with E-state index < -0.39 is 0 Å². The smallest absolute Gasteiger partial charge is 0.00708 e. The van der Waals surface area contributed by atoms with Crippen molar-refractivity contribution in [3.05, 3.63) is 83.4 Å². The molecular formula is C21H20. The van der Waals surface area contributed by atoms with Crippen LogP contribution in [0.5, 0.6) is 0 Å². The maximum absolute atomic E-state index is 2.23. The van der Waals surface area contributed by atoms with Crippen LogP contribution in [0, 0.1) is 20.8 Å². The maximum Gasteiger partial charge on any atom is -0.00708 e. The molecule has 3 aromatic carbocycles. The molecule has 0 aromatic heterocycles. The highest BCUT2D eigenvalue weighted by Gasteiger charge is 2.14. The molecule has 3 aromatic rings. The fraction of sp³-hybridized carbons (Fsp3) is 0.143. The van der Waals surface area contributed by atoms with E-state index in [9.17, 15) is 0 Å². The average molecular weight is 272 g/mol. The summed E-state index contributed by atoms with van der Waals surface area (Å²) in [6, 6.07) is 23.8. The summed E-state index contributed by atoms with van der Waals surface area (Å²) in [6.07, 6.45) is 0. The molecule has 0 fully saturated rings. The molecule has 0 atom stereocenters. The fourth-order valence-corrected chi connectivity index (χ4v) is 2.99. The molecule has 3 rings (SSSR count). The third kappa shape index (κ3) is 2.50. The Kier molecular flexibility index (Phi) is 3.62. The van der Waals surface area contributed by atoms with Crippen molar-refractivity contribution in [2.24, 2.45) is 0 Å². The minimum absolute atomic E-state index is 1.29. The van der Waals surface area contributed by atoms with E-state index in [1.807, 2.05) is 0 Å². The molecule has 0 aliphatic rings. The summed E-state index contributed by atoms with van der Waals surface area (Å²) in [4.78, 5) is 0. The molecule has 0 bridgehead atoms. The quantitative estimate of drug-likeness (QED) is 0.541. The van der Waals surface area contributed by atoms with Crippen LogP contribution in [-0.4, -0.2) is 0 Å². The van der Waals surface area contributed by atoms with Crippen molar-refractivity contribution >= 4 is 0 Å². The second-order valence-electron chi connectivity index (χ2n) is 5.63. The number of rotatable bonds is 2. The first kappa shape index (κ1) is 13.6. The molecule has 0 saturated heterocycles. The molecule has 21 heavy (non-hydrogen) atoms. The molecular weight excluding hydrogens is 252 g/mol. The van der Waals surface area contributed by atoms with Gasteiger partial charge in [0.1, 0.15) is 0 Å². The van der Waals surface area contributed by atoms with Crippen molar-refractivity contribution in [3.63, 3.8) is 0 Å².